The number of aliphatic hydroxyl groups is 1. The SMILES string of the molecule is Cc1ccc2c(CCC[C@H](C)O)cccc2c1Oc1ncccc1-c1ccnc(N[C@H]2CCCN(C(=O)OC(C)(C)C)C2)n1. The molecule has 0 radical (unpaired) electrons. The minimum absolute atomic E-state index is 0.00394. The van der Waals surface area contributed by atoms with E-state index in [1.54, 1.807) is 17.3 Å². The molecule has 2 atom stereocenters. The van der Waals surface area contributed by atoms with Crippen LogP contribution in [0.2, 0.25) is 0 Å². The number of benzene rings is 2. The number of anilines is 1. The lowest BCUT2D eigenvalue weighted by atomic mass is 9.97. The van der Waals surface area contributed by atoms with Gasteiger partial charge in [0.1, 0.15) is 11.4 Å². The van der Waals surface area contributed by atoms with Crippen LogP contribution in [0.1, 0.15) is 64.5 Å². The second kappa shape index (κ2) is 13.6. The summed E-state index contributed by atoms with van der Waals surface area (Å²) in [7, 11) is 0. The third-order valence-corrected chi connectivity index (χ3v) is 7.67. The maximum Gasteiger partial charge on any atom is 0.410 e. The molecule has 0 aliphatic carbocycles. The second-order valence-corrected chi connectivity index (χ2v) is 12.6. The Balaban J connectivity index is 1.36. The highest BCUT2D eigenvalue weighted by molar-refractivity contribution is 5.92. The molecule has 0 unspecified atom stereocenters. The van der Waals surface area contributed by atoms with Crippen LogP contribution >= 0.6 is 0 Å². The number of pyridine rings is 1. The number of carbonyl (C=O) groups excluding carboxylic acids is 1. The number of ether oxygens (including phenoxy) is 2. The molecule has 44 heavy (non-hydrogen) atoms. The molecule has 1 saturated heterocycles. The Morgan fingerprint density at radius 2 is 1.93 bits per heavy atom. The predicted molar refractivity (Wildman–Crippen MR) is 173 cm³/mol. The zero-order valence-electron chi connectivity index (χ0n) is 26.3. The first kappa shape index (κ1) is 31.2. The first-order valence-electron chi connectivity index (χ1n) is 15.5. The summed E-state index contributed by atoms with van der Waals surface area (Å²) in [4.78, 5) is 28.3. The van der Waals surface area contributed by atoms with E-state index in [1.165, 1.54) is 5.56 Å². The maximum absolute atomic E-state index is 12.6. The van der Waals surface area contributed by atoms with Gasteiger partial charge in [-0.3, -0.25) is 0 Å². The first-order chi connectivity index (χ1) is 21.1. The molecule has 232 valence electrons. The maximum atomic E-state index is 12.6. The minimum Gasteiger partial charge on any atom is -0.444 e. The van der Waals surface area contributed by atoms with E-state index in [0.717, 1.165) is 59.8 Å². The zero-order chi connectivity index (χ0) is 31.3. The molecule has 0 saturated carbocycles. The molecule has 1 fully saturated rings. The summed E-state index contributed by atoms with van der Waals surface area (Å²) in [5.41, 5.74) is 3.13. The summed E-state index contributed by atoms with van der Waals surface area (Å²) in [6.07, 6.45) is 7.16. The van der Waals surface area contributed by atoms with E-state index in [0.29, 0.717) is 30.6 Å². The van der Waals surface area contributed by atoms with Gasteiger partial charge in [-0.15, -0.1) is 0 Å². The highest BCUT2D eigenvalue weighted by Gasteiger charge is 2.28. The molecular weight excluding hydrogens is 554 g/mol. The molecule has 1 aliphatic heterocycles. The monoisotopic (exact) mass is 597 g/mol. The number of aliphatic hydroxyl groups excluding tert-OH is 1. The van der Waals surface area contributed by atoms with Crippen molar-refractivity contribution in [3.05, 3.63) is 72.1 Å². The van der Waals surface area contributed by atoms with E-state index < -0.39 is 5.60 Å². The van der Waals surface area contributed by atoms with Crippen LogP contribution in [0.5, 0.6) is 11.6 Å². The number of likely N-dealkylation sites (tertiary alicyclic amines) is 1. The molecule has 0 spiro atoms. The Hall–Kier alpha value is -4.24. The molecule has 9 nitrogen and oxygen atoms in total. The first-order valence-corrected chi connectivity index (χ1v) is 15.5. The molecule has 3 heterocycles. The topological polar surface area (TPSA) is 110 Å². The molecule has 2 aromatic carbocycles. The third-order valence-electron chi connectivity index (χ3n) is 7.67. The van der Waals surface area contributed by atoms with E-state index in [1.807, 2.05) is 52.8 Å². The zero-order valence-corrected chi connectivity index (χ0v) is 26.3. The van der Waals surface area contributed by atoms with Gasteiger partial charge in [-0.05, 0) is 101 Å². The number of nitrogens with zero attached hydrogens (tertiary/aromatic N) is 4. The van der Waals surface area contributed by atoms with E-state index in [9.17, 15) is 9.90 Å². The lowest BCUT2D eigenvalue weighted by molar-refractivity contribution is 0.0206. The largest absolute Gasteiger partial charge is 0.444 e. The molecule has 9 heteroatoms. The standard InChI is InChI=1S/C35H43N5O4/c1-23-16-17-27-25(11-6-10-24(2)41)12-7-14-28(27)31(23)43-32-29(15-8-19-36-32)30-18-20-37-33(39-30)38-26-13-9-21-40(22-26)34(42)44-35(3,4)5/h7-8,12,14-20,24,26,41H,6,9-11,13,21-22H2,1-5H3,(H,37,38,39)/t24-,26-/m0/s1. The van der Waals surface area contributed by atoms with Gasteiger partial charge in [0, 0.05) is 36.9 Å². The second-order valence-electron chi connectivity index (χ2n) is 12.6. The fourth-order valence-corrected chi connectivity index (χ4v) is 5.56. The Morgan fingerprint density at radius 3 is 2.73 bits per heavy atom. The molecular formula is C35H43N5O4. The van der Waals surface area contributed by atoms with E-state index in [2.05, 4.69) is 45.6 Å². The van der Waals surface area contributed by atoms with Crippen molar-refractivity contribution in [1.82, 2.24) is 19.9 Å². The third kappa shape index (κ3) is 7.82. The molecule has 5 rings (SSSR count). The van der Waals surface area contributed by atoms with Crippen molar-refractivity contribution in [3.8, 4) is 22.9 Å². The molecule has 4 aromatic rings. The van der Waals surface area contributed by atoms with E-state index >= 15 is 0 Å². The molecule has 2 N–H and O–H groups in total. The summed E-state index contributed by atoms with van der Waals surface area (Å²) >= 11 is 0. The fourth-order valence-electron chi connectivity index (χ4n) is 5.56. The van der Waals surface area contributed by atoms with Crippen LogP contribution in [0.15, 0.2) is 60.9 Å². The smallest absolute Gasteiger partial charge is 0.410 e. The van der Waals surface area contributed by atoms with Gasteiger partial charge in [-0.1, -0.05) is 30.3 Å². The number of aryl methyl sites for hydroxylation is 2. The van der Waals surface area contributed by atoms with Crippen LogP contribution in [0.25, 0.3) is 22.0 Å². The van der Waals surface area contributed by atoms with Crippen LogP contribution in [0, 0.1) is 6.92 Å². The molecule has 0 bridgehead atoms. The Morgan fingerprint density at radius 1 is 1.09 bits per heavy atom. The normalized spacial score (nSPS) is 16.0. The van der Waals surface area contributed by atoms with Gasteiger partial charge in [0.05, 0.1) is 17.4 Å². The Bertz CT molecular complexity index is 1600. The van der Waals surface area contributed by atoms with Gasteiger partial charge in [0.25, 0.3) is 0 Å². The number of piperidine rings is 1. The van der Waals surface area contributed by atoms with E-state index in [4.69, 9.17) is 14.5 Å². The lowest BCUT2D eigenvalue weighted by Crippen LogP contribution is -2.47. The van der Waals surface area contributed by atoms with Gasteiger partial charge >= 0.3 is 6.09 Å². The lowest BCUT2D eigenvalue weighted by Gasteiger charge is -2.34. The van der Waals surface area contributed by atoms with Crippen molar-refractivity contribution >= 4 is 22.8 Å². The quantitative estimate of drug-likeness (QED) is 0.207. The number of nitrogens with one attached hydrogen (secondary N) is 1. The van der Waals surface area contributed by atoms with Gasteiger partial charge in [0.2, 0.25) is 11.8 Å². The Kier molecular flexibility index (Phi) is 9.64. The summed E-state index contributed by atoms with van der Waals surface area (Å²) in [6.45, 7) is 10.7. The highest BCUT2D eigenvalue weighted by atomic mass is 16.6. The minimum atomic E-state index is -0.537. The number of amides is 1. The van der Waals surface area contributed by atoms with Gasteiger partial charge in [-0.2, -0.15) is 0 Å². The fraction of sp³-hybridized carbons (Fsp3) is 0.429. The van der Waals surface area contributed by atoms with Crippen molar-refractivity contribution in [3.63, 3.8) is 0 Å². The van der Waals surface area contributed by atoms with Crippen LogP contribution in [0.3, 0.4) is 0 Å². The molecule has 1 amide bonds. The average molecular weight is 598 g/mol. The van der Waals surface area contributed by atoms with Crippen molar-refractivity contribution in [2.45, 2.75) is 84.5 Å². The number of carbonyl (C=O) groups is 1. The summed E-state index contributed by atoms with van der Waals surface area (Å²) < 4.78 is 12.2. The summed E-state index contributed by atoms with van der Waals surface area (Å²) in [6, 6.07) is 16.2. The summed E-state index contributed by atoms with van der Waals surface area (Å²) in [5.74, 6) is 1.70. The highest BCUT2D eigenvalue weighted by Crippen LogP contribution is 2.38. The average Bonchev–Trinajstić information content (AvgIpc) is 2.98. The van der Waals surface area contributed by atoms with Gasteiger partial charge in [0.15, 0.2) is 0 Å². The van der Waals surface area contributed by atoms with E-state index in [-0.39, 0.29) is 18.2 Å². The molecule has 2 aromatic heterocycles. The number of aromatic nitrogens is 3. The van der Waals surface area contributed by atoms with Crippen LogP contribution in [-0.4, -0.2) is 61.9 Å². The van der Waals surface area contributed by atoms with Crippen molar-refractivity contribution in [1.29, 1.82) is 0 Å². The van der Waals surface area contributed by atoms with Crippen LogP contribution in [-0.2, 0) is 11.2 Å². The van der Waals surface area contributed by atoms with Gasteiger partial charge < -0.3 is 24.8 Å². The number of hydrogen-bond donors (Lipinski definition) is 2. The Labute approximate surface area is 259 Å². The number of fused-ring (bicyclic) bond motifs is 1. The molecule has 1 aliphatic rings. The number of hydrogen-bond acceptors (Lipinski definition) is 8. The predicted octanol–water partition coefficient (Wildman–Crippen LogP) is 7.31. The van der Waals surface area contributed by atoms with Crippen molar-refractivity contribution in [2.24, 2.45) is 0 Å². The van der Waals surface area contributed by atoms with Crippen LogP contribution in [0.4, 0.5) is 10.7 Å². The van der Waals surface area contributed by atoms with Crippen molar-refractivity contribution in [2.75, 3.05) is 18.4 Å². The van der Waals surface area contributed by atoms with Crippen molar-refractivity contribution < 1.29 is 19.4 Å². The van der Waals surface area contributed by atoms with Gasteiger partial charge in [-0.25, -0.2) is 19.7 Å². The summed E-state index contributed by atoms with van der Waals surface area (Å²) in [5, 5.41) is 15.3. The van der Waals surface area contributed by atoms with Crippen LogP contribution < -0.4 is 10.1 Å². The number of rotatable bonds is 9.